The predicted molar refractivity (Wildman–Crippen MR) is 103 cm³/mol. The van der Waals surface area contributed by atoms with Crippen molar-refractivity contribution in [2.24, 2.45) is 5.73 Å². The first-order valence-corrected chi connectivity index (χ1v) is 12.4. The van der Waals surface area contributed by atoms with Gasteiger partial charge in [-0.1, -0.05) is 13.3 Å². The zero-order valence-corrected chi connectivity index (χ0v) is 16.9. The summed E-state index contributed by atoms with van der Waals surface area (Å²) < 4.78 is 53.0. The highest BCUT2D eigenvalue weighted by atomic mass is 32.2. The Labute approximate surface area is 158 Å². The Kier molecular flexibility index (Phi) is 6.94. The molecule has 3 N–H and O–H groups in total. The minimum absolute atomic E-state index is 0.00726. The van der Waals surface area contributed by atoms with Gasteiger partial charge in [-0.3, -0.25) is 9.52 Å². The molecule has 1 amide bonds. The molecule has 0 aliphatic carbocycles. The first kappa shape index (κ1) is 21.0. The minimum Gasteiger partial charge on any atom is -0.368 e. The van der Waals surface area contributed by atoms with E-state index in [-0.39, 0.29) is 17.2 Å². The second kappa shape index (κ2) is 8.59. The maximum atomic E-state index is 12.8. The molecule has 1 saturated heterocycles. The highest BCUT2D eigenvalue weighted by Gasteiger charge is 2.36. The molecule has 2 rings (SSSR count). The minimum atomic E-state index is -3.89. The van der Waals surface area contributed by atoms with Crippen LogP contribution in [-0.4, -0.2) is 56.9 Å². The SMILES string of the molecule is CCCCS(=O)(=O)Nc1ccc(S(=O)(=O)N2CCSCC2C(N)=O)cc1. The molecule has 1 aliphatic rings. The van der Waals surface area contributed by atoms with Crippen molar-refractivity contribution in [3.63, 3.8) is 0 Å². The molecule has 11 heteroatoms. The molecule has 0 radical (unpaired) electrons. The Hall–Kier alpha value is -1.30. The fourth-order valence-electron chi connectivity index (χ4n) is 2.50. The highest BCUT2D eigenvalue weighted by molar-refractivity contribution is 7.99. The number of benzene rings is 1. The van der Waals surface area contributed by atoms with E-state index in [4.69, 9.17) is 5.73 Å². The van der Waals surface area contributed by atoms with Gasteiger partial charge in [0, 0.05) is 23.7 Å². The van der Waals surface area contributed by atoms with E-state index in [0.29, 0.717) is 23.6 Å². The summed E-state index contributed by atoms with van der Waals surface area (Å²) in [6.07, 6.45) is 1.30. The monoisotopic (exact) mass is 421 g/mol. The number of nitrogens with two attached hydrogens (primary N) is 1. The van der Waals surface area contributed by atoms with E-state index in [9.17, 15) is 21.6 Å². The van der Waals surface area contributed by atoms with Crippen LogP contribution in [0.2, 0.25) is 0 Å². The molecular weight excluding hydrogens is 398 g/mol. The normalized spacial score (nSPS) is 19.2. The Bertz CT molecular complexity index is 838. The zero-order valence-electron chi connectivity index (χ0n) is 14.4. The first-order valence-electron chi connectivity index (χ1n) is 8.17. The molecule has 1 atom stereocenters. The van der Waals surface area contributed by atoms with Crippen LogP contribution in [0.5, 0.6) is 0 Å². The second-order valence-electron chi connectivity index (χ2n) is 5.91. The van der Waals surface area contributed by atoms with Crippen LogP contribution in [0.3, 0.4) is 0 Å². The van der Waals surface area contributed by atoms with Crippen molar-refractivity contribution in [3.05, 3.63) is 24.3 Å². The van der Waals surface area contributed by atoms with Crippen LogP contribution in [0, 0.1) is 0 Å². The van der Waals surface area contributed by atoms with Crippen molar-refractivity contribution >= 4 is 43.4 Å². The van der Waals surface area contributed by atoms with Gasteiger partial charge in [-0.05, 0) is 30.7 Å². The number of hydrogen-bond acceptors (Lipinski definition) is 6. The lowest BCUT2D eigenvalue weighted by Gasteiger charge is -2.32. The van der Waals surface area contributed by atoms with Gasteiger partial charge in [-0.15, -0.1) is 0 Å². The molecular formula is C15H23N3O5S3. The Morgan fingerprint density at radius 1 is 1.27 bits per heavy atom. The van der Waals surface area contributed by atoms with E-state index >= 15 is 0 Å². The molecule has 1 aromatic carbocycles. The second-order valence-corrected chi connectivity index (χ2v) is 10.8. The lowest BCUT2D eigenvalue weighted by Crippen LogP contribution is -2.52. The van der Waals surface area contributed by atoms with Gasteiger partial charge in [0.25, 0.3) is 0 Å². The maximum absolute atomic E-state index is 12.8. The van der Waals surface area contributed by atoms with Crippen molar-refractivity contribution in [1.82, 2.24) is 4.31 Å². The van der Waals surface area contributed by atoms with Crippen LogP contribution in [0.1, 0.15) is 19.8 Å². The predicted octanol–water partition coefficient (Wildman–Crippen LogP) is 0.820. The van der Waals surface area contributed by atoms with E-state index < -0.39 is 32.0 Å². The largest absolute Gasteiger partial charge is 0.368 e. The summed E-state index contributed by atoms with van der Waals surface area (Å²) in [6.45, 7) is 2.10. The molecule has 1 aliphatic heterocycles. The molecule has 1 heterocycles. The molecule has 0 aromatic heterocycles. The number of nitrogens with zero attached hydrogens (tertiary/aromatic N) is 1. The fourth-order valence-corrected chi connectivity index (χ4v) is 6.63. The first-order chi connectivity index (χ1) is 12.2. The van der Waals surface area contributed by atoms with Crippen LogP contribution in [0.15, 0.2) is 29.2 Å². The summed E-state index contributed by atoms with van der Waals surface area (Å²) in [5.41, 5.74) is 5.62. The molecule has 1 aromatic rings. The lowest BCUT2D eigenvalue weighted by molar-refractivity contribution is -0.121. The molecule has 26 heavy (non-hydrogen) atoms. The number of unbranched alkanes of at least 4 members (excludes halogenated alkanes) is 1. The zero-order chi connectivity index (χ0) is 19.4. The molecule has 0 bridgehead atoms. The number of rotatable bonds is 8. The number of carbonyl (C=O) groups excluding carboxylic acids is 1. The van der Waals surface area contributed by atoms with E-state index in [0.717, 1.165) is 10.7 Å². The standard InChI is InChI=1S/C15H23N3O5S3/c1-2-3-10-25(20,21)17-12-4-6-13(7-5-12)26(22,23)18-8-9-24-11-14(18)15(16)19/h4-7,14,17H,2-3,8-11H2,1H3,(H2,16,19). The number of amides is 1. The van der Waals surface area contributed by atoms with Gasteiger partial charge in [0.1, 0.15) is 6.04 Å². The fraction of sp³-hybridized carbons (Fsp3) is 0.533. The Balaban J connectivity index is 2.19. The van der Waals surface area contributed by atoms with Crippen LogP contribution < -0.4 is 10.5 Å². The number of primary amides is 1. The molecule has 1 fully saturated rings. The molecule has 8 nitrogen and oxygen atoms in total. The van der Waals surface area contributed by atoms with Crippen molar-refractivity contribution in [2.75, 3.05) is 28.5 Å². The summed E-state index contributed by atoms with van der Waals surface area (Å²) in [7, 11) is -7.35. The third kappa shape index (κ3) is 5.12. The molecule has 1 unspecified atom stereocenters. The smallest absolute Gasteiger partial charge is 0.243 e. The quantitative estimate of drug-likeness (QED) is 0.640. The average molecular weight is 422 g/mol. The van der Waals surface area contributed by atoms with Crippen LogP contribution in [0.25, 0.3) is 0 Å². The van der Waals surface area contributed by atoms with Crippen molar-refractivity contribution in [3.8, 4) is 0 Å². The summed E-state index contributed by atoms with van der Waals surface area (Å²) >= 11 is 1.48. The van der Waals surface area contributed by atoms with Crippen molar-refractivity contribution < 1.29 is 21.6 Å². The lowest BCUT2D eigenvalue weighted by atomic mass is 10.3. The van der Waals surface area contributed by atoms with Crippen molar-refractivity contribution in [2.45, 2.75) is 30.7 Å². The van der Waals surface area contributed by atoms with Gasteiger partial charge < -0.3 is 5.73 Å². The number of thioether (sulfide) groups is 1. The number of carbonyl (C=O) groups is 1. The van der Waals surface area contributed by atoms with E-state index in [1.54, 1.807) is 0 Å². The van der Waals surface area contributed by atoms with E-state index in [2.05, 4.69) is 4.72 Å². The third-order valence-corrected chi connectivity index (χ3v) is 8.23. The number of hydrogen-bond donors (Lipinski definition) is 2. The third-order valence-electron chi connectivity index (χ3n) is 3.91. The topological polar surface area (TPSA) is 127 Å². The van der Waals surface area contributed by atoms with Gasteiger partial charge in [0.15, 0.2) is 0 Å². The summed E-state index contributed by atoms with van der Waals surface area (Å²) in [5, 5.41) is 0. The van der Waals surface area contributed by atoms with Gasteiger partial charge >= 0.3 is 0 Å². The van der Waals surface area contributed by atoms with Crippen LogP contribution in [0.4, 0.5) is 5.69 Å². The maximum Gasteiger partial charge on any atom is 0.243 e. The highest BCUT2D eigenvalue weighted by Crippen LogP contribution is 2.25. The summed E-state index contributed by atoms with van der Waals surface area (Å²) in [6, 6.07) is 4.56. The van der Waals surface area contributed by atoms with Crippen LogP contribution in [-0.2, 0) is 24.8 Å². The van der Waals surface area contributed by atoms with Gasteiger partial charge in [-0.2, -0.15) is 16.1 Å². The average Bonchev–Trinajstić information content (AvgIpc) is 2.60. The number of anilines is 1. The van der Waals surface area contributed by atoms with Gasteiger partial charge in [-0.25, -0.2) is 16.8 Å². The Morgan fingerprint density at radius 2 is 1.92 bits per heavy atom. The molecule has 146 valence electrons. The van der Waals surface area contributed by atoms with Crippen LogP contribution >= 0.6 is 11.8 Å². The summed E-state index contributed by atoms with van der Waals surface area (Å²) in [4.78, 5) is 11.6. The summed E-state index contributed by atoms with van der Waals surface area (Å²) in [5.74, 6) is 0.235. The Morgan fingerprint density at radius 3 is 2.50 bits per heavy atom. The number of nitrogens with one attached hydrogen (secondary N) is 1. The van der Waals surface area contributed by atoms with E-state index in [1.165, 1.54) is 36.0 Å². The van der Waals surface area contributed by atoms with Gasteiger partial charge in [0.05, 0.1) is 10.6 Å². The number of sulfonamides is 2. The van der Waals surface area contributed by atoms with E-state index in [1.807, 2.05) is 6.92 Å². The molecule has 0 spiro atoms. The molecule has 0 saturated carbocycles. The van der Waals surface area contributed by atoms with Gasteiger partial charge in [0.2, 0.25) is 26.0 Å². The van der Waals surface area contributed by atoms with Crippen molar-refractivity contribution in [1.29, 1.82) is 0 Å².